The predicted molar refractivity (Wildman–Crippen MR) is 92.3 cm³/mol. The highest BCUT2D eigenvalue weighted by Crippen LogP contribution is 2.21. The van der Waals surface area contributed by atoms with Crippen molar-refractivity contribution < 1.29 is 0 Å². The first-order valence-corrected chi connectivity index (χ1v) is 8.92. The van der Waals surface area contributed by atoms with Gasteiger partial charge in [-0.05, 0) is 17.9 Å². The lowest BCUT2D eigenvalue weighted by Gasteiger charge is -2.39. The van der Waals surface area contributed by atoms with Crippen LogP contribution in [0.15, 0.2) is 11.6 Å². The largest absolute Gasteiger partial charge is 0.346 e. The second kappa shape index (κ2) is 7.56. The van der Waals surface area contributed by atoms with Crippen LogP contribution in [0.3, 0.4) is 0 Å². The fourth-order valence-electron chi connectivity index (χ4n) is 2.83. The van der Waals surface area contributed by atoms with Crippen LogP contribution < -0.4 is 10.2 Å². The van der Waals surface area contributed by atoms with Crippen LogP contribution in [0.4, 0.5) is 5.13 Å². The first-order valence-electron chi connectivity index (χ1n) is 8.04. The molecule has 120 valence electrons. The van der Waals surface area contributed by atoms with Crippen LogP contribution in [0.2, 0.25) is 0 Å². The van der Waals surface area contributed by atoms with Crippen molar-refractivity contribution in [1.29, 1.82) is 0 Å². The van der Waals surface area contributed by atoms with E-state index in [1.54, 1.807) is 11.3 Å². The molecule has 0 bridgehead atoms. The van der Waals surface area contributed by atoms with E-state index in [2.05, 4.69) is 53.2 Å². The van der Waals surface area contributed by atoms with Gasteiger partial charge in [0.2, 0.25) is 0 Å². The number of piperazine rings is 1. The first kappa shape index (κ1) is 16.7. The van der Waals surface area contributed by atoms with Crippen molar-refractivity contribution in [1.82, 2.24) is 15.2 Å². The molecule has 21 heavy (non-hydrogen) atoms. The Labute approximate surface area is 133 Å². The summed E-state index contributed by atoms with van der Waals surface area (Å²) in [6.45, 7) is 17.1. The van der Waals surface area contributed by atoms with E-state index in [0.717, 1.165) is 45.2 Å². The van der Waals surface area contributed by atoms with E-state index in [0.29, 0.717) is 5.41 Å². The maximum Gasteiger partial charge on any atom is 0.185 e. The van der Waals surface area contributed by atoms with Crippen molar-refractivity contribution in [2.45, 2.75) is 27.7 Å². The maximum atomic E-state index is 4.41. The number of hydrogen-bond donors (Lipinski definition) is 1. The Balaban J connectivity index is 1.72. The molecule has 2 rings (SSSR count). The van der Waals surface area contributed by atoms with E-state index in [9.17, 15) is 0 Å². The second-order valence-corrected chi connectivity index (χ2v) is 8.14. The van der Waals surface area contributed by atoms with E-state index in [1.807, 2.05) is 6.20 Å². The molecule has 1 aliphatic rings. The molecule has 0 saturated carbocycles. The molecule has 0 radical (unpaired) electrons. The molecular weight excluding hydrogens is 280 g/mol. The zero-order chi connectivity index (χ0) is 15.3. The minimum absolute atomic E-state index is 0.332. The molecular formula is C16H30N4S. The van der Waals surface area contributed by atoms with E-state index in [4.69, 9.17) is 0 Å². The minimum Gasteiger partial charge on any atom is -0.346 e. The Morgan fingerprint density at radius 3 is 2.57 bits per heavy atom. The average Bonchev–Trinajstić information content (AvgIpc) is 2.92. The molecule has 1 N–H and O–H groups in total. The maximum absolute atomic E-state index is 4.41. The van der Waals surface area contributed by atoms with E-state index >= 15 is 0 Å². The van der Waals surface area contributed by atoms with Crippen molar-refractivity contribution in [2.24, 2.45) is 11.3 Å². The summed E-state index contributed by atoms with van der Waals surface area (Å²) >= 11 is 1.74. The third-order valence-corrected chi connectivity index (χ3v) is 4.70. The van der Waals surface area contributed by atoms with Gasteiger partial charge in [-0.1, -0.05) is 27.7 Å². The Hall–Kier alpha value is -0.650. The zero-order valence-electron chi connectivity index (χ0n) is 13.9. The molecule has 0 aliphatic carbocycles. The molecule has 1 aromatic heterocycles. The van der Waals surface area contributed by atoms with Crippen LogP contribution in [0, 0.1) is 11.3 Å². The van der Waals surface area contributed by atoms with Gasteiger partial charge in [-0.25, -0.2) is 4.98 Å². The molecule has 0 aromatic carbocycles. The van der Waals surface area contributed by atoms with Crippen LogP contribution in [-0.2, 0) is 0 Å². The number of nitrogens with zero attached hydrogens (tertiary/aromatic N) is 3. The summed E-state index contributed by atoms with van der Waals surface area (Å²) in [6, 6.07) is 0. The van der Waals surface area contributed by atoms with Crippen molar-refractivity contribution in [3.05, 3.63) is 11.6 Å². The summed E-state index contributed by atoms with van der Waals surface area (Å²) in [4.78, 5) is 9.42. The van der Waals surface area contributed by atoms with Crippen molar-refractivity contribution in [3.63, 3.8) is 0 Å². The molecule has 0 spiro atoms. The number of rotatable bonds is 7. The first-order chi connectivity index (χ1) is 9.96. The van der Waals surface area contributed by atoms with Gasteiger partial charge in [0.15, 0.2) is 5.13 Å². The highest BCUT2D eigenvalue weighted by atomic mass is 32.1. The van der Waals surface area contributed by atoms with Gasteiger partial charge in [-0.3, -0.25) is 4.90 Å². The zero-order valence-corrected chi connectivity index (χ0v) is 14.7. The summed E-state index contributed by atoms with van der Waals surface area (Å²) in [5.41, 5.74) is 0.332. The van der Waals surface area contributed by atoms with Crippen LogP contribution in [0.5, 0.6) is 0 Å². The topological polar surface area (TPSA) is 31.4 Å². The average molecular weight is 311 g/mol. The summed E-state index contributed by atoms with van der Waals surface area (Å²) in [6.07, 6.45) is 1.90. The SMILES string of the molecule is CC(C)CNCC(C)(C)CN1CCN(c2nccs2)CC1. The van der Waals surface area contributed by atoms with E-state index in [1.165, 1.54) is 11.7 Å². The third kappa shape index (κ3) is 5.57. The molecule has 1 saturated heterocycles. The summed E-state index contributed by atoms with van der Waals surface area (Å²) in [5.74, 6) is 0.725. The molecule has 0 unspecified atom stereocenters. The Bertz CT molecular complexity index is 394. The summed E-state index contributed by atoms with van der Waals surface area (Å²) in [5, 5.41) is 6.83. The van der Waals surface area contributed by atoms with Crippen molar-refractivity contribution >= 4 is 16.5 Å². The van der Waals surface area contributed by atoms with Crippen molar-refractivity contribution in [2.75, 3.05) is 50.7 Å². The molecule has 2 heterocycles. The number of nitrogens with one attached hydrogen (secondary N) is 1. The molecule has 1 aromatic rings. The Morgan fingerprint density at radius 2 is 2.00 bits per heavy atom. The molecule has 1 aliphatic heterocycles. The number of aromatic nitrogens is 1. The summed E-state index contributed by atoms with van der Waals surface area (Å²) in [7, 11) is 0. The quantitative estimate of drug-likeness (QED) is 0.838. The van der Waals surface area contributed by atoms with Gasteiger partial charge in [0, 0.05) is 50.8 Å². The normalized spacial score (nSPS) is 17.7. The van der Waals surface area contributed by atoms with Crippen LogP contribution >= 0.6 is 11.3 Å². The predicted octanol–water partition coefficient (Wildman–Crippen LogP) is 2.54. The number of hydrogen-bond acceptors (Lipinski definition) is 5. The number of anilines is 1. The van der Waals surface area contributed by atoms with Crippen LogP contribution in [0.1, 0.15) is 27.7 Å². The van der Waals surface area contributed by atoms with E-state index in [-0.39, 0.29) is 0 Å². The monoisotopic (exact) mass is 310 g/mol. The van der Waals surface area contributed by atoms with Gasteiger partial charge < -0.3 is 10.2 Å². The highest BCUT2D eigenvalue weighted by Gasteiger charge is 2.25. The summed E-state index contributed by atoms with van der Waals surface area (Å²) < 4.78 is 0. The lowest BCUT2D eigenvalue weighted by Crippen LogP contribution is -2.50. The van der Waals surface area contributed by atoms with Gasteiger partial charge in [0.05, 0.1) is 0 Å². The minimum atomic E-state index is 0.332. The van der Waals surface area contributed by atoms with Gasteiger partial charge >= 0.3 is 0 Å². The molecule has 4 nitrogen and oxygen atoms in total. The van der Waals surface area contributed by atoms with Crippen LogP contribution in [-0.4, -0.2) is 55.7 Å². The van der Waals surface area contributed by atoms with Gasteiger partial charge in [-0.2, -0.15) is 0 Å². The number of thiazole rings is 1. The third-order valence-electron chi connectivity index (χ3n) is 3.87. The van der Waals surface area contributed by atoms with E-state index < -0.39 is 0 Å². The molecule has 0 amide bonds. The standard InChI is InChI=1S/C16H30N4S/c1-14(2)11-17-12-16(3,4)13-19-6-8-20(9-7-19)15-18-5-10-21-15/h5,10,14,17H,6-9,11-13H2,1-4H3. The second-order valence-electron chi connectivity index (χ2n) is 7.27. The van der Waals surface area contributed by atoms with Gasteiger partial charge in [0.25, 0.3) is 0 Å². The molecule has 0 atom stereocenters. The Kier molecular flexibility index (Phi) is 6.02. The lowest BCUT2D eigenvalue weighted by atomic mass is 9.92. The van der Waals surface area contributed by atoms with Crippen LogP contribution in [0.25, 0.3) is 0 Å². The smallest absolute Gasteiger partial charge is 0.185 e. The highest BCUT2D eigenvalue weighted by molar-refractivity contribution is 7.13. The molecule has 1 fully saturated rings. The van der Waals surface area contributed by atoms with Gasteiger partial charge in [0.1, 0.15) is 0 Å². The fourth-order valence-corrected chi connectivity index (χ4v) is 3.53. The molecule has 5 heteroatoms. The lowest BCUT2D eigenvalue weighted by molar-refractivity contribution is 0.166. The van der Waals surface area contributed by atoms with Gasteiger partial charge in [-0.15, -0.1) is 11.3 Å². The van der Waals surface area contributed by atoms with Crippen molar-refractivity contribution in [3.8, 4) is 0 Å². The Morgan fingerprint density at radius 1 is 1.29 bits per heavy atom. The fraction of sp³-hybridized carbons (Fsp3) is 0.812.